The SMILES string of the molecule is CC(C)(Nc1cccc(C2CC(C)(C)c3cc(Cl)cc(C(=O)O)c3N2)c1)C(=O)O. The second-order valence-corrected chi connectivity index (χ2v) is 9.08. The normalized spacial score (nSPS) is 17.8. The Morgan fingerprint density at radius 2 is 1.90 bits per heavy atom. The van der Waals surface area contributed by atoms with Crippen LogP contribution in [0.5, 0.6) is 0 Å². The summed E-state index contributed by atoms with van der Waals surface area (Å²) in [6.07, 6.45) is 0.727. The molecule has 0 saturated carbocycles. The lowest BCUT2D eigenvalue weighted by atomic mass is 9.73. The van der Waals surface area contributed by atoms with Crippen LogP contribution in [-0.4, -0.2) is 27.7 Å². The van der Waals surface area contributed by atoms with Crippen LogP contribution in [0, 0.1) is 0 Å². The number of hydrogen-bond acceptors (Lipinski definition) is 4. The van der Waals surface area contributed by atoms with Crippen LogP contribution in [0.2, 0.25) is 5.02 Å². The predicted octanol–water partition coefficient (Wildman–Crippen LogP) is 5.15. The van der Waals surface area contributed by atoms with Gasteiger partial charge in [-0.3, -0.25) is 0 Å². The van der Waals surface area contributed by atoms with E-state index in [0.717, 1.165) is 17.5 Å². The van der Waals surface area contributed by atoms with E-state index >= 15 is 0 Å². The van der Waals surface area contributed by atoms with Gasteiger partial charge >= 0.3 is 11.9 Å². The second kappa shape index (κ2) is 7.26. The fourth-order valence-electron chi connectivity index (χ4n) is 3.76. The Balaban J connectivity index is 2.00. The number of benzene rings is 2. The molecule has 29 heavy (non-hydrogen) atoms. The van der Waals surface area contributed by atoms with Crippen LogP contribution >= 0.6 is 11.6 Å². The minimum Gasteiger partial charge on any atom is -0.480 e. The molecule has 1 unspecified atom stereocenters. The van der Waals surface area contributed by atoms with E-state index in [2.05, 4.69) is 24.5 Å². The first-order valence-corrected chi connectivity index (χ1v) is 9.74. The predicted molar refractivity (Wildman–Crippen MR) is 114 cm³/mol. The van der Waals surface area contributed by atoms with Crippen molar-refractivity contribution >= 4 is 34.9 Å². The Morgan fingerprint density at radius 1 is 1.21 bits per heavy atom. The molecule has 0 amide bonds. The van der Waals surface area contributed by atoms with Crippen molar-refractivity contribution in [3.63, 3.8) is 0 Å². The van der Waals surface area contributed by atoms with E-state index in [1.165, 1.54) is 6.07 Å². The summed E-state index contributed by atoms with van der Waals surface area (Å²) in [4.78, 5) is 23.2. The standard InChI is InChI=1S/C22H25ClN2O4/c1-21(2)11-17(24-18-15(19(26)27)9-13(23)10-16(18)21)12-6-5-7-14(8-12)25-22(3,4)20(28)29/h5-10,17,24-25H,11H2,1-4H3,(H,26,27)(H,28,29). The van der Waals surface area contributed by atoms with Crippen molar-refractivity contribution in [1.29, 1.82) is 0 Å². The lowest BCUT2D eigenvalue weighted by molar-refractivity contribution is -0.141. The van der Waals surface area contributed by atoms with E-state index in [0.29, 0.717) is 16.4 Å². The van der Waals surface area contributed by atoms with E-state index in [1.807, 2.05) is 30.3 Å². The Bertz CT molecular complexity index is 985. The number of fused-ring (bicyclic) bond motifs is 1. The highest BCUT2D eigenvalue weighted by atomic mass is 35.5. The first-order chi connectivity index (χ1) is 13.4. The first-order valence-electron chi connectivity index (χ1n) is 9.36. The van der Waals surface area contributed by atoms with Crippen LogP contribution in [0.25, 0.3) is 0 Å². The van der Waals surface area contributed by atoms with Crippen molar-refractivity contribution in [3.05, 3.63) is 58.1 Å². The molecule has 0 aliphatic carbocycles. The third-order valence-corrected chi connectivity index (χ3v) is 5.59. The Kier molecular flexibility index (Phi) is 5.26. The lowest BCUT2D eigenvalue weighted by Gasteiger charge is -2.40. The molecule has 4 N–H and O–H groups in total. The van der Waals surface area contributed by atoms with Crippen LogP contribution in [0.3, 0.4) is 0 Å². The van der Waals surface area contributed by atoms with Gasteiger partial charge in [0.25, 0.3) is 0 Å². The van der Waals surface area contributed by atoms with Crippen molar-refractivity contribution in [2.45, 2.75) is 51.1 Å². The van der Waals surface area contributed by atoms with E-state index in [-0.39, 0.29) is 17.0 Å². The minimum atomic E-state index is -1.11. The summed E-state index contributed by atoms with van der Waals surface area (Å²) in [6.45, 7) is 7.33. The summed E-state index contributed by atoms with van der Waals surface area (Å²) in [5.41, 5.74) is 1.82. The van der Waals surface area contributed by atoms with Gasteiger partial charge in [-0.15, -0.1) is 0 Å². The third-order valence-electron chi connectivity index (χ3n) is 5.38. The maximum Gasteiger partial charge on any atom is 0.337 e. The van der Waals surface area contributed by atoms with Gasteiger partial charge in [0.15, 0.2) is 0 Å². The molecular formula is C22H25ClN2O4. The molecule has 0 saturated heterocycles. The molecule has 1 heterocycles. The number of halogens is 1. The van der Waals surface area contributed by atoms with Crippen LogP contribution in [0.4, 0.5) is 11.4 Å². The zero-order chi connectivity index (χ0) is 21.6. The molecule has 2 aromatic rings. The average Bonchev–Trinajstić information content (AvgIpc) is 2.61. The van der Waals surface area contributed by atoms with Gasteiger partial charge in [0.2, 0.25) is 0 Å². The number of aliphatic carboxylic acids is 1. The molecule has 3 rings (SSSR count). The van der Waals surface area contributed by atoms with Crippen molar-refractivity contribution in [1.82, 2.24) is 0 Å². The molecule has 0 aromatic heterocycles. The van der Waals surface area contributed by atoms with E-state index in [4.69, 9.17) is 11.6 Å². The zero-order valence-corrected chi connectivity index (χ0v) is 17.6. The monoisotopic (exact) mass is 416 g/mol. The van der Waals surface area contributed by atoms with Gasteiger partial charge in [0.05, 0.1) is 17.3 Å². The molecule has 7 heteroatoms. The Labute approximate surface area is 174 Å². The molecule has 0 radical (unpaired) electrons. The molecule has 2 aromatic carbocycles. The number of carboxylic acid groups (broad SMARTS) is 2. The molecule has 1 aliphatic rings. The van der Waals surface area contributed by atoms with Crippen molar-refractivity contribution in [2.24, 2.45) is 0 Å². The van der Waals surface area contributed by atoms with Gasteiger partial charge in [-0.2, -0.15) is 0 Å². The number of carbonyl (C=O) groups is 2. The number of hydrogen-bond donors (Lipinski definition) is 4. The van der Waals surface area contributed by atoms with E-state index < -0.39 is 17.5 Å². The average molecular weight is 417 g/mol. The fraction of sp³-hybridized carbons (Fsp3) is 0.364. The van der Waals surface area contributed by atoms with Crippen molar-refractivity contribution in [3.8, 4) is 0 Å². The highest BCUT2D eigenvalue weighted by molar-refractivity contribution is 6.31. The maximum atomic E-state index is 11.8. The van der Waals surface area contributed by atoms with Gasteiger partial charge in [-0.1, -0.05) is 37.6 Å². The molecule has 0 fully saturated rings. The van der Waals surface area contributed by atoms with Crippen molar-refractivity contribution < 1.29 is 19.8 Å². The van der Waals surface area contributed by atoms with Gasteiger partial charge in [-0.05, 0) is 61.1 Å². The fourth-order valence-corrected chi connectivity index (χ4v) is 3.98. The largest absolute Gasteiger partial charge is 0.480 e. The highest BCUT2D eigenvalue weighted by Crippen LogP contribution is 2.46. The zero-order valence-electron chi connectivity index (χ0n) is 16.8. The molecule has 0 bridgehead atoms. The number of anilines is 2. The number of rotatable bonds is 5. The second-order valence-electron chi connectivity index (χ2n) is 8.65. The number of carboxylic acids is 2. The Morgan fingerprint density at radius 3 is 2.52 bits per heavy atom. The number of nitrogens with one attached hydrogen (secondary N) is 2. The molecular weight excluding hydrogens is 392 g/mol. The van der Waals surface area contributed by atoms with Crippen LogP contribution in [0.1, 0.15) is 61.6 Å². The lowest BCUT2D eigenvalue weighted by Crippen LogP contribution is -2.40. The van der Waals surface area contributed by atoms with Crippen LogP contribution in [-0.2, 0) is 10.2 Å². The maximum absolute atomic E-state index is 11.8. The minimum absolute atomic E-state index is 0.133. The topological polar surface area (TPSA) is 98.7 Å². The van der Waals surface area contributed by atoms with Crippen LogP contribution in [0.15, 0.2) is 36.4 Å². The third kappa shape index (κ3) is 4.17. The molecule has 0 spiro atoms. The smallest absolute Gasteiger partial charge is 0.337 e. The summed E-state index contributed by atoms with van der Waals surface area (Å²) in [5.74, 6) is -1.98. The first kappa shape index (κ1) is 21.0. The Hall–Kier alpha value is -2.73. The summed E-state index contributed by atoms with van der Waals surface area (Å²) < 4.78 is 0. The summed E-state index contributed by atoms with van der Waals surface area (Å²) in [6, 6.07) is 10.7. The molecule has 154 valence electrons. The molecule has 1 atom stereocenters. The summed E-state index contributed by atoms with van der Waals surface area (Å²) in [7, 11) is 0. The molecule has 1 aliphatic heterocycles. The van der Waals surface area contributed by atoms with Crippen molar-refractivity contribution in [2.75, 3.05) is 10.6 Å². The van der Waals surface area contributed by atoms with E-state index in [9.17, 15) is 19.8 Å². The van der Waals surface area contributed by atoms with Gasteiger partial charge in [0, 0.05) is 10.7 Å². The molecule has 6 nitrogen and oxygen atoms in total. The summed E-state index contributed by atoms with van der Waals surface area (Å²) in [5, 5.41) is 25.8. The quantitative estimate of drug-likeness (QED) is 0.538. The summed E-state index contributed by atoms with van der Waals surface area (Å²) >= 11 is 6.17. The highest BCUT2D eigenvalue weighted by Gasteiger charge is 2.36. The van der Waals surface area contributed by atoms with E-state index in [1.54, 1.807) is 13.8 Å². The van der Waals surface area contributed by atoms with Crippen LogP contribution < -0.4 is 10.6 Å². The van der Waals surface area contributed by atoms with Gasteiger partial charge in [-0.25, -0.2) is 9.59 Å². The van der Waals surface area contributed by atoms with Gasteiger partial charge in [0.1, 0.15) is 5.54 Å². The number of aromatic carboxylic acids is 1. The van der Waals surface area contributed by atoms with Gasteiger partial charge < -0.3 is 20.8 Å².